The first-order chi connectivity index (χ1) is 11.0. The third-order valence-electron chi connectivity index (χ3n) is 4.78. The van der Waals surface area contributed by atoms with Gasteiger partial charge in [-0.05, 0) is 51.2 Å². The molecule has 0 aromatic heterocycles. The van der Waals surface area contributed by atoms with E-state index in [2.05, 4.69) is 24.3 Å². The van der Waals surface area contributed by atoms with Crippen molar-refractivity contribution in [2.45, 2.75) is 44.1 Å². The van der Waals surface area contributed by atoms with Crippen molar-refractivity contribution >= 4 is 5.91 Å². The Morgan fingerprint density at radius 3 is 2.35 bits per heavy atom. The molecular formula is C18H27FN2O2. The predicted octanol–water partition coefficient (Wildman–Crippen LogP) is 2.98. The number of nitrogens with zero attached hydrogens (tertiary/aromatic N) is 1. The molecule has 128 valence electrons. The number of halogens is 1. The van der Waals surface area contributed by atoms with E-state index in [0.717, 1.165) is 12.8 Å². The fourth-order valence-electron chi connectivity index (χ4n) is 3.16. The van der Waals surface area contributed by atoms with E-state index in [0.29, 0.717) is 12.3 Å². The Morgan fingerprint density at radius 1 is 1.17 bits per heavy atom. The summed E-state index contributed by atoms with van der Waals surface area (Å²) in [6.45, 7) is 0.598. The van der Waals surface area contributed by atoms with Crippen molar-refractivity contribution in [2.75, 3.05) is 27.2 Å². The maximum atomic E-state index is 12.8. The van der Waals surface area contributed by atoms with Crippen LogP contribution < -0.4 is 10.1 Å². The van der Waals surface area contributed by atoms with Crippen LogP contribution in [0.1, 0.15) is 38.5 Å². The number of carbonyl (C=O) groups is 1. The zero-order valence-corrected chi connectivity index (χ0v) is 14.1. The Labute approximate surface area is 138 Å². The van der Waals surface area contributed by atoms with Crippen LogP contribution in [0.4, 0.5) is 4.39 Å². The summed E-state index contributed by atoms with van der Waals surface area (Å²) in [4.78, 5) is 14.3. The normalized spacial score (nSPS) is 17.6. The summed E-state index contributed by atoms with van der Waals surface area (Å²) in [6, 6.07) is 5.68. The van der Waals surface area contributed by atoms with Gasteiger partial charge in [-0.2, -0.15) is 0 Å². The molecule has 1 fully saturated rings. The molecule has 4 nitrogen and oxygen atoms in total. The SMILES string of the molecule is CN(C)C1(CNC(=O)COc2ccc(F)cc2)CCCCCC1. The highest BCUT2D eigenvalue weighted by molar-refractivity contribution is 5.77. The van der Waals surface area contributed by atoms with E-state index in [1.54, 1.807) is 0 Å². The molecule has 0 bridgehead atoms. The van der Waals surface area contributed by atoms with E-state index in [1.807, 2.05) is 0 Å². The summed E-state index contributed by atoms with van der Waals surface area (Å²) >= 11 is 0. The molecule has 0 spiro atoms. The lowest BCUT2D eigenvalue weighted by Gasteiger charge is -2.39. The quantitative estimate of drug-likeness (QED) is 0.819. The lowest BCUT2D eigenvalue weighted by molar-refractivity contribution is -0.123. The van der Waals surface area contributed by atoms with Crippen molar-refractivity contribution in [3.63, 3.8) is 0 Å². The van der Waals surface area contributed by atoms with Crippen molar-refractivity contribution < 1.29 is 13.9 Å². The number of amides is 1. The first-order valence-corrected chi connectivity index (χ1v) is 8.34. The largest absolute Gasteiger partial charge is 0.484 e. The predicted molar refractivity (Wildman–Crippen MR) is 89.0 cm³/mol. The maximum absolute atomic E-state index is 12.8. The standard InChI is InChI=1S/C18H27FN2O2/c1-21(2)18(11-5-3-4-6-12-18)14-20-17(22)13-23-16-9-7-15(19)8-10-16/h7-10H,3-6,11-14H2,1-2H3,(H,20,22). The molecule has 0 unspecified atom stereocenters. The van der Waals surface area contributed by atoms with Crippen LogP contribution in [-0.2, 0) is 4.79 Å². The van der Waals surface area contributed by atoms with Gasteiger partial charge in [0.15, 0.2) is 6.61 Å². The van der Waals surface area contributed by atoms with Gasteiger partial charge in [-0.15, -0.1) is 0 Å². The number of hydrogen-bond donors (Lipinski definition) is 1. The van der Waals surface area contributed by atoms with Crippen LogP contribution >= 0.6 is 0 Å². The average Bonchev–Trinajstić information content (AvgIpc) is 2.79. The monoisotopic (exact) mass is 322 g/mol. The van der Waals surface area contributed by atoms with Gasteiger partial charge in [0.25, 0.3) is 5.91 Å². The van der Waals surface area contributed by atoms with E-state index >= 15 is 0 Å². The molecule has 5 heteroatoms. The second-order valence-electron chi connectivity index (χ2n) is 6.55. The molecule has 1 amide bonds. The highest BCUT2D eigenvalue weighted by Gasteiger charge is 2.33. The van der Waals surface area contributed by atoms with Crippen LogP contribution in [-0.4, -0.2) is 43.6 Å². The van der Waals surface area contributed by atoms with E-state index in [4.69, 9.17) is 4.74 Å². The minimum atomic E-state index is -0.317. The Hall–Kier alpha value is -1.62. The van der Waals surface area contributed by atoms with Crippen molar-refractivity contribution in [3.05, 3.63) is 30.1 Å². The molecule has 0 atom stereocenters. The van der Waals surface area contributed by atoms with Gasteiger partial charge in [0, 0.05) is 12.1 Å². The summed E-state index contributed by atoms with van der Waals surface area (Å²) in [5.74, 6) is 0.0428. The molecule has 2 rings (SSSR count). The van der Waals surface area contributed by atoms with Gasteiger partial charge in [0.1, 0.15) is 11.6 Å². The van der Waals surface area contributed by atoms with Crippen molar-refractivity contribution in [1.82, 2.24) is 10.2 Å². The second-order valence-corrected chi connectivity index (χ2v) is 6.55. The van der Waals surface area contributed by atoms with Crippen LogP contribution in [0, 0.1) is 5.82 Å². The van der Waals surface area contributed by atoms with Gasteiger partial charge in [-0.25, -0.2) is 4.39 Å². The zero-order valence-electron chi connectivity index (χ0n) is 14.1. The fourth-order valence-corrected chi connectivity index (χ4v) is 3.16. The van der Waals surface area contributed by atoms with Gasteiger partial charge in [-0.3, -0.25) is 4.79 Å². The number of hydrogen-bond acceptors (Lipinski definition) is 3. The molecule has 1 aromatic rings. The number of ether oxygens (including phenoxy) is 1. The first-order valence-electron chi connectivity index (χ1n) is 8.34. The number of nitrogens with one attached hydrogen (secondary N) is 1. The molecule has 0 saturated heterocycles. The van der Waals surface area contributed by atoms with Gasteiger partial charge in [0.05, 0.1) is 0 Å². The molecule has 1 saturated carbocycles. The number of carbonyl (C=O) groups excluding carboxylic acids is 1. The Balaban J connectivity index is 1.82. The highest BCUT2D eigenvalue weighted by atomic mass is 19.1. The maximum Gasteiger partial charge on any atom is 0.258 e. The van der Waals surface area contributed by atoms with Crippen molar-refractivity contribution in [1.29, 1.82) is 0 Å². The summed E-state index contributed by atoms with van der Waals surface area (Å²) < 4.78 is 18.2. The average molecular weight is 322 g/mol. The number of benzene rings is 1. The van der Waals surface area contributed by atoms with Crippen LogP contribution in [0.3, 0.4) is 0 Å². The van der Waals surface area contributed by atoms with Crippen LogP contribution in [0.25, 0.3) is 0 Å². The van der Waals surface area contributed by atoms with Crippen LogP contribution in [0.5, 0.6) is 5.75 Å². The molecule has 1 aliphatic carbocycles. The first kappa shape index (κ1) is 17.7. The molecular weight excluding hydrogens is 295 g/mol. The zero-order chi connectivity index (χ0) is 16.7. The molecule has 23 heavy (non-hydrogen) atoms. The Kier molecular flexibility index (Phi) is 6.39. The Morgan fingerprint density at radius 2 is 1.78 bits per heavy atom. The lowest BCUT2D eigenvalue weighted by atomic mass is 9.88. The summed E-state index contributed by atoms with van der Waals surface area (Å²) in [5.41, 5.74) is 0.0437. The summed E-state index contributed by atoms with van der Waals surface area (Å²) in [6.07, 6.45) is 7.19. The molecule has 0 heterocycles. The minimum Gasteiger partial charge on any atom is -0.484 e. The van der Waals surface area contributed by atoms with Crippen molar-refractivity contribution in [2.24, 2.45) is 0 Å². The molecule has 1 aromatic carbocycles. The van der Waals surface area contributed by atoms with Crippen molar-refractivity contribution in [3.8, 4) is 5.75 Å². The van der Waals surface area contributed by atoms with E-state index in [1.165, 1.54) is 49.9 Å². The summed E-state index contributed by atoms with van der Waals surface area (Å²) in [5, 5.41) is 3.00. The highest BCUT2D eigenvalue weighted by Crippen LogP contribution is 2.30. The van der Waals surface area contributed by atoms with Gasteiger partial charge in [0.2, 0.25) is 0 Å². The third kappa shape index (κ3) is 5.20. The summed E-state index contributed by atoms with van der Waals surface area (Å²) in [7, 11) is 4.18. The van der Waals surface area contributed by atoms with E-state index in [9.17, 15) is 9.18 Å². The molecule has 1 aliphatic rings. The molecule has 1 N–H and O–H groups in total. The van der Waals surface area contributed by atoms with Gasteiger partial charge >= 0.3 is 0 Å². The smallest absolute Gasteiger partial charge is 0.258 e. The number of rotatable bonds is 6. The Bertz CT molecular complexity index is 494. The van der Waals surface area contributed by atoms with E-state index < -0.39 is 0 Å². The lowest BCUT2D eigenvalue weighted by Crippen LogP contribution is -2.53. The molecule has 0 aliphatic heterocycles. The second kappa shape index (κ2) is 8.29. The topological polar surface area (TPSA) is 41.6 Å². The fraction of sp³-hybridized carbons (Fsp3) is 0.611. The van der Waals surface area contributed by atoms with E-state index in [-0.39, 0.29) is 23.9 Å². The van der Waals surface area contributed by atoms with Crippen LogP contribution in [0.15, 0.2) is 24.3 Å². The van der Waals surface area contributed by atoms with Gasteiger partial charge in [-0.1, -0.05) is 25.7 Å². The van der Waals surface area contributed by atoms with Crippen LogP contribution in [0.2, 0.25) is 0 Å². The minimum absolute atomic E-state index is 0.0437. The third-order valence-corrected chi connectivity index (χ3v) is 4.78. The van der Waals surface area contributed by atoms with Gasteiger partial charge < -0.3 is 15.0 Å². The number of likely N-dealkylation sites (N-methyl/N-ethyl adjacent to an activating group) is 1. The molecule has 0 radical (unpaired) electrons.